The lowest BCUT2D eigenvalue weighted by Gasteiger charge is -2.11. The van der Waals surface area contributed by atoms with Crippen molar-refractivity contribution in [2.75, 3.05) is 0 Å². The molecule has 0 spiro atoms. The Morgan fingerprint density at radius 2 is 2.20 bits per heavy atom. The molecule has 1 aliphatic carbocycles. The zero-order chi connectivity index (χ0) is 14.1. The van der Waals surface area contributed by atoms with Crippen molar-refractivity contribution in [1.29, 1.82) is 0 Å². The minimum atomic E-state index is 0.109. The minimum absolute atomic E-state index is 0.109. The second-order valence-electron chi connectivity index (χ2n) is 5.56. The summed E-state index contributed by atoms with van der Waals surface area (Å²) in [6, 6.07) is 4.66. The van der Waals surface area contributed by atoms with Crippen LogP contribution in [0.25, 0.3) is 0 Å². The number of hydrogen-bond donors (Lipinski definition) is 1. The molecule has 2 heterocycles. The number of nitrogens with two attached hydrogens (primary N) is 1. The van der Waals surface area contributed by atoms with E-state index in [9.17, 15) is 0 Å². The zero-order valence-corrected chi connectivity index (χ0v) is 13.2. The van der Waals surface area contributed by atoms with Gasteiger partial charge in [-0.15, -0.1) is 11.3 Å². The Kier molecular flexibility index (Phi) is 3.94. The largest absolute Gasteiger partial charge is 0.323 e. The molecule has 0 bridgehead atoms. The van der Waals surface area contributed by atoms with Gasteiger partial charge in [-0.3, -0.25) is 4.68 Å². The van der Waals surface area contributed by atoms with Crippen LogP contribution in [0.5, 0.6) is 0 Å². The average molecular weight is 289 g/mol. The minimum Gasteiger partial charge on any atom is -0.323 e. The van der Waals surface area contributed by atoms with Crippen LogP contribution in [-0.4, -0.2) is 9.78 Å². The number of fused-ring (bicyclic) bond motifs is 1. The molecule has 1 aliphatic rings. The molecule has 0 aromatic carbocycles. The molecule has 2 aromatic heterocycles. The maximum Gasteiger partial charge on any atom is 0.0624 e. The molecule has 0 saturated heterocycles. The molecule has 0 fully saturated rings. The molecule has 1 atom stereocenters. The van der Waals surface area contributed by atoms with E-state index < -0.39 is 0 Å². The highest BCUT2D eigenvalue weighted by molar-refractivity contribution is 7.12. The van der Waals surface area contributed by atoms with Crippen molar-refractivity contribution in [3.63, 3.8) is 0 Å². The first kappa shape index (κ1) is 13.8. The molecule has 0 amide bonds. The van der Waals surface area contributed by atoms with Gasteiger partial charge in [-0.05, 0) is 50.3 Å². The molecule has 3 rings (SSSR count). The van der Waals surface area contributed by atoms with Gasteiger partial charge in [0.1, 0.15) is 0 Å². The van der Waals surface area contributed by atoms with Gasteiger partial charge < -0.3 is 5.73 Å². The summed E-state index contributed by atoms with van der Waals surface area (Å²) in [6.45, 7) is 5.21. The first-order valence-corrected chi connectivity index (χ1v) is 8.45. The fourth-order valence-corrected chi connectivity index (χ4v) is 4.25. The summed E-state index contributed by atoms with van der Waals surface area (Å²) < 4.78 is 2.10. The number of aryl methyl sites for hydroxylation is 4. The Bertz CT molecular complexity index is 575. The summed E-state index contributed by atoms with van der Waals surface area (Å²) in [5.74, 6) is 0. The summed E-state index contributed by atoms with van der Waals surface area (Å²) in [6.07, 6.45) is 5.69. The molecule has 1 unspecified atom stereocenters. The Hall–Kier alpha value is -1.13. The highest BCUT2D eigenvalue weighted by Crippen LogP contribution is 2.34. The summed E-state index contributed by atoms with van der Waals surface area (Å²) >= 11 is 1.92. The Balaban J connectivity index is 1.77. The normalized spacial score (nSPS) is 15.6. The van der Waals surface area contributed by atoms with Crippen LogP contribution in [0.15, 0.2) is 12.1 Å². The van der Waals surface area contributed by atoms with Gasteiger partial charge in [0.15, 0.2) is 0 Å². The molecule has 20 heavy (non-hydrogen) atoms. The molecule has 108 valence electrons. The van der Waals surface area contributed by atoms with E-state index in [4.69, 9.17) is 5.73 Å². The van der Waals surface area contributed by atoms with Gasteiger partial charge in [-0.2, -0.15) is 5.10 Å². The van der Waals surface area contributed by atoms with Gasteiger partial charge in [0.2, 0.25) is 0 Å². The van der Waals surface area contributed by atoms with Crippen molar-refractivity contribution >= 4 is 11.3 Å². The maximum atomic E-state index is 6.43. The third kappa shape index (κ3) is 2.54. The summed E-state index contributed by atoms with van der Waals surface area (Å²) in [5, 5.41) is 4.61. The van der Waals surface area contributed by atoms with Crippen LogP contribution in [0.3, 0.4) is 0 Å². The molecular formula is C16H23N3S. The smallest absolute Gasteiger partial charge is 0.0624 e. The van der Waals surface area contributed by atoms with E-state index in [1.165, 1.54) is 35.5 Å². The first-order valence-electron chi connectivity index (χ1n) is 7.64. The van der Waals surface area contributed by atoms with Crippen molar-refractivity contribution in [2.24, 2.45) is 5.73 Å². The van der Waals surface area contributed by atoms with Crippen molar-refractivity contribution in [2.45, 2.75) is 58.5 Å². The van der Waals surface area contributed by atoms with E-state index in [0.717, 1.165) is 19.4 Å². The van der Waals surface area contributed by atoms with E-state index in [1.807, 2.05) is 11.3 Å². The molecule has 0 aliphatic heterocycles. The van der Waals surface area contributed by atoms with Crippen LogP contribution in [-0.2, 0) is 32.2 Å². The predicted octanol–water partition coefficient (Wildman–Crippen LogP) is 3.26. The molecule has 4 heteroatoms. The second-order valence-corrected chi connectivity index (χ2v) is 6.73. The number of thiophene rings is 1. The van der Waals surface area contributed by atoms with Crippen LogP contribution in [0.1, 0.15) is 53.0 Å². The van der Waals surface area contributed by atoms with Crippen LogP contribution in [0, 0.1) is 0 Å². The lowest BCUT2D eigenvalue weighted by Crippen LogP contribution is -2.15. The van der Waals surface area contributed by atoms with E-state index in [-0.39, 0.29) is 6.04 Å². The van der Waals surface area contributed by atoms with Crippen molar-refractivity contribution in [1.82, 2.24) is 9.78 Å². The van der Waals surface area contributed by atoms with Crippen LogP contribution in [0.4, 0.5) is 0 Å². The number of aromatic nitrogens is 2. The van der Waals surface area contributed by atoms with Gasteiger partial charge in [0.05, 0.1) is 5.69 Å². The Labute approximate surface area is 124 Å². The standard InChI is InChI=1S/C16H23N3S/c1-3-12-9-13(19(4-2)18-12)10-14(17)16-8-11-6-5-7-15(11)20-16/h8-9,14H,3-7,10,17H2,1-2H3. The van der Waals surface area contributed by atoms with Crippen molar-refractivity contribution in [3.8, 4) is 0 Å². The van der Waals surface area contributed by atoms with Crippen LogP contribution in [0.2, 0.25) is 0 Å². The number of nitrogens with zero attached hydrogens (tertiary/aromatic N) is 2. The average Bonchev–Trinajstić information content (AvgIpc) is 3.11. The molecule has 0 radical (unpaired) electrons. The number of rotatable bonds is 5. The highest BCUT2D eigenvalue weighted by atomic mass is 32.1. The van der Waals surface area contributed by atoms with Gasteiger partial charge in [-0.1, -0.05) is 6.92 Å². The quantitative estimate of drug-likeness (QED) is 0.918. The van der Waals surface area contributed by atoms with E-state index in [1.54, 1.807) is 10.4 Å². The highest BCUT2D eigenvalue weighted by Gasteiger charge is 2.19. The Morgan fingerprint density at radius 3 is 2.90 bits per heavy atom. The lowest BCUT2D eigenvalue weighted by molar-refractivity contribution is 0.588. The SMILES string of the molecule is CCc1cc(CC(N)c2cc3c(s2)CCC3)n(CC)n1. The molecular weight excluding hydrogens is 266 g/mol. The monoisotopic (exact) mass is 289 g/mol. The van der Waals surface area contributed by atoms with Crippen molar-refractivity contribution < 1.29 is 0 Å². The van der Waals surface area contributed by atoms with E-state index >= 15 is 0 Å². The van der Waals surface area contributed by atoms with Crippen molar-refractivity contribution in [3.05, 3.63) is 38.8 Å². The molecule has 2 aromatic rings. The van der Waals surface area contributed by atoms with Gasteiger partial charge >= 0.3 is 0 Å². The van der Waals surface area contributed by atoms with Gasteiger partial charge in [0, 0.05) is 34.5 Å². The summed E-state index contributed by atoms with van der Waals surface area (Å²) in [7, 11) is 0. The van der Waals surface area contributed by atoms with E-state index in [2.05, 4.69) is 35.8 Å². The second kappa shape index (κ2) is 5.70. The van der Waals surface area contributed by atoms with E-state index in [0.29, 0.717) is 0 Å². The topological polar surface area (TPSA) is 43.8 Å². The molecule has 3 nitrogen and oxygen atoms in total. The molecule has 2 N–H and O–H groups in total. The summed E-state index contributed by atoms with van der Waals surface area (Å²) in [4.78, 5) is 2.91. The zero-order valence-electron chi connectivity index (χ0n) is 12.4. The lowest BCUT2D eigenvalue weighted by atomic mass is 10.1. The predicted molar refractivity (Wildman–Crippen MR) is 84.3 cm³/mol. The van der Waals surface area contributed by atoms with Crippen LogP contribution < -0.4 is 5.73 Å². The first-order chi connectivity index (χ1) is 9.71. The third-order valence-corrected chi connectivity index (χ3v) is 5.50. The third-order valence-electron chi connectivity index (χ3n) is 4.14. The van der Waals surface area contributed by atoms with Gasteiger partial charge in [-0.25, -0.2) is 0 Å². The summed E-state index contributed by atoms with van der Waals surface area (Å²) in [5.41, 5.74) is 10.4. The Morgan fingerprint density at radius 1 is 1.35 bits per heavy atom. The van der Waals surface area contributed by atoms with Gasteiger partial charge in [0.25, 0.3) is 0 Å². The fourth-order valence-electron chi connectivity index (χ4n) is 2.99. The number of hydrogen-bond acceptors (Lipinski definition) is 3. The molecule has 0 saturated carbocycles. The van der Waals surface area contributed by atoms with Crippen LogP contribution >= 0.6 is 11.3 Å². The fraction of sp³-hybridized carbons (Fsp3) is 0.562. The maximum absolute atomic E-state index is 6.43.